The van der Waals surface area contributed by atoms with Crippen molar-refractivity contribution in [2.45, 2.75) is 31.9 Å². The van der Waals surface area contributed by atoms with Gasteiger partial charge in [-0.1, -0.05) is 0 Å². The van der Waals surface area contributed by atoms with Crippen molar-refractivity contribution in [2.75, 3.05) is 26.9 Å². The molecule has 5 heteroatoms. The van der Waals surface area contributed by atoms with E-state index in [4.69, 9.17) is 15.2 Å². The third-order valence-corrected chi connectivity index (χ3v) is 3.07. The minimum absolute atomic E-state index is 0.00306. The highest BCUT2D eigenvalue weighted by atomic mass is 16.5. The zero-order valence-corrected chi connectivity index (χ0v) is 10.1. The van der Waals surface area contributed by atoms with E-state index < -0.39 is 0 Å². The van der Waals surface area contributed by atoms with E-state index in [1.807, 2.05) is 6.92 Å². The minimum Gasteiger partial charge on any atom is -0.381 e. The van der Waals surface area contributed by atoms with Crippen molar-refractivity contribution in [1.82, 2.24) is 5.32 Å². The fourth-order valence-corrected chi connectivity index (χ4v) is 1.85. The van der Waals surface area contributed by atoms with Gasteiger partial charge in [0.05, 0.1) is 19.1 Å². The van der Waals surface area contributed by atoms with E-state index in [0.29, 0.717) is 18.9 Å². The molecule has 5 nitrogen and oxygen atoms in total. The van der Waals surface area contributed by atoms with Crippen molar-refractivity contribution in [3.63, 3.8) is 0 Å². The normalized spacial score (nSPS) is 24.1. The van der Waals surface area contributed by atoms with E-state index in [9.17, 15) is 4.79 Å². The van der Waals surface area contributed by atoms with Crippen LogP contribution in [0.25, 0.3) is 0 Å². The lowest BCUT2D eigenvalue weighted by Gasteiger charge is -2.20. The van der Waals surface area contributed by atoms with Gasteiger partial charge in [-0.15, -0.1) is 0 Å². The first-order chi connectivity index (χ1) is 7.67. The van der Waals surface area contributed by atoms with E-state index >= 15 is 0 Å². The molecule has 1 aliphatic heterocycles. The van der Waals surface area contributed by atoms with Gasteiger partial charge >= 0.3 is 0 Å². The van der Waals surface area contributed by atoms with Gasteiger partial charge in [0.25, 0.3) is 0 Å². The Morgan fingerprint density at radius 2 is 2.44 bits per heavy atom. The third kappa shape index (κ3) is 4.08. The highest BCUT2D eigenvalue weighted by Crippen LogP contribution is 2.16. The Bertz CT molecular complexity index is 213. The van der Waals surface area contributed by atoms with Gasteiger partial charge in [0.1, 0.15) is 0 Å². The topological polar surface area (TPSA) is 73.6 Å². The monoisotopic (exact) mass is 230 g/mol. The lowest BCUT2D eigenvalue weighted by Crippen LogP contribution is -2.40. The summed E-state index contributed by atoms with van der Waals surface area (Å²) in [5.41, 5.74) is 5.46. The van der Waals surface area contributed by atoms with Crippen LogP contribution in [0.1, 0.15) is 19.8 Å². The lowest BCUT2D eigenvalue weighted by atomic mass is 10.0. The summed E-state index contributed by atoms with van der Waals surface area (Å²) in [6.07, 6.45) is 1.16. The molecule has 1 fully saturated rings. The van der Waals surface area contributed by atoms with Gasteiger partial charge in [-0.25, -0.2) is 0 Å². The smallest absolute Gasteiger partial charge is 0.222 e. The van der Waals surface area contributed by atoms with Crippen LogP contribution in [-0.4, -0.2) is 44.9 Å². The van der Waals surface area contributed by atoms with Gasteiger partial charge in [-0.3, -0.25) is 4.79 Å². The average Bonchev–Trinajstić information content (AvgIpc) is 2.79. The molecule has 0 aliphatic carbocycles. The summed E-state index contributed by atoms with van der Waals surface area (Å²) in [5.74, 6) is 0.430. The highest BCUT2D eigenvalue weighted by molar-refractivity contribution is 5.76. The molecule has 16 heavy (non-hydrogen) atoms. The Morgan fingerprint density at radius 1 is 1.69 bits per heavy atom. The zero-order valence-electron chi connectivity index (χ0n) is 10.1. The largest absolute Gasteiger partial charge is 0.381 e. The Balaban J connectivity index is 2.26. The van der Waals surface area contributed by atoms with Crippen LogP contribution in [0.3, 0.4) is 0 Å². The van der Waals surface area contributed by atoms with Gasteiger partial charge in [0, 0.05) is 32.2 Å². The number of rotatable bonds is 6. The minimum atomic E-state index is -0.188. The van der Waals surface area contributed by atoms with Crippen LogP contribution in [0.15, 0.2) is 0 Å². The fourth-order valence-electron chi connectivity index (χ4n) is 1.85. The zero-order chi connectivity index (χ0) is 12.0. The maximum Gasteiger partial charge on any atom is 0.222 e. The van der Waals surface area contributed by atoms with Crippen molar-refractivity contribution in [3.05, 3.63) is 0 Å². The van der Waals surface area contributed by atoms with Gasteiger partial charge in [-0.2, -0.15) is 0 Å². The first-order valence-electron chi connectivity index (χ1n) is 5.77. The molecular weight excluding hydrogens is 208 g/mol. The molecule has 0 aromatic carbocycles. The molecule has 1 heterocycles. The van der Waals surface area contributed by atoms with E-state index in [-0.39, 0.29) is 18.1 Å². The van der Waals surface area contributed by atoms with Crippen LogP contribution in [-0.2, 0) is 14.3 Å². The molecule has 0 bridgehead atoms. The molecule has 1 saturated heterocycles. The second-order valence-electron chi connectivity index (χ2n) is 4.28. The number of ether oxygens (including phenoxy) is 2. The number of carbonyl (C=O) groups excluding carboxylic acids is 1. The van der Waals surface area contributed by atoms with Gasteiger partial charge < -0.3 is 20.5 Å². The molecule has 0 spiro atoms. The van der Waals surface area contributed by atoms with Crippen LogP contribution < -0.4 is 11.1 Å². The Morgan fingerprint density at radius 3 is 2.94 bits per heavy atom. The fraction of sp³-hybridized carbons (Fsp3) is 0.909. The van der Waals surface area contributed by atoms with Gasteiger partial charge in [-0.05, 0) is 13.3 Å². The summed E-state index contributed by atoms with van der Waals surface area (Å²) in [4.78, 5) is 11.7. The van der Waals surface area contributed by atoms with E-state index in [0.717, 1.165) is 19.6 Å². The molecule has 1 amide bonds. The quantitative estimate of drug-likeness (QED) is 0.668. The van der Waals surface area contributed by atoms with Crippen LogP contribution in [0.2, 0.25) is 0 Å². The maximum atomic E-state index is 11.7. The summed E-state index contributed by atoms with van der Waals surface area (Å²) >= 11 is 0. The lowest BCUT2D eigenvalue weighted by molar-refractivity contribution is -0.124. The van der Waals surface area contributed by atoms with Crippen LogP contribution in [0, 0.1) is 5.92 Å². The van der Waals surface area contributed by atoms with Crippen LogP contribution >= 0.6 is 0 Å². The van der Waals surface area contributed by atoms with Crippen LogP contribution in [0.4, 0.5) is 0 Å². The van der Waals surface area contributed by atoms with Gasteiger partial charge in [0.2, 0.25) is 5.91 Å². The predicted octanol–water partition coefficient (Wildman–Crippen LogP) is -0.109. The predicted molar refractivity (Wildman–Crippen MR) is 61.0 cm³/mol. The summed E-state index contributed by atoms with van der Waals surface area (Å²) in [6, 6.07) is 0.158. The Hall–Kier alpha value is -0.650. The summed E-state index contributed by atoms with van der Waals surface area (Å²) in [6.45, 7) is 3.92. The maximum absolute atomic E-state index is 11.7. The molecule has 0 aromatic rings. The molecule has 3 unspecified atom stereocenters. The number of hydrogen-bond acceptors (Lipinski definition) is 4. The molecule has 0 aromatic heterocycles. The Kier molecular flexibility index (Phi) is 5.73. The standard InChI is InChI=1S/C11H22N2O3/c1-8(9-3-4-16-7-9)13-11(14)5-10(6-12)15-2/h8-10H,3-7,12H2,1-2H3,(H,13,14). The summed E-state index contributed by atoms with van der Waals surface area (Å²) in [7, 11) is 1.57. The number of amides is 1. The molecule has 3 N–H and O–H groups in total. The van der Waals surface area contributed by atoms with Gasteiger partial charge in [0.15, 0.2) is 0 Å². The number of nitrogens with one attached hydrogen (secondary N) is 1. The van der Waals surface area contributed by atoms with Crippen molar-refractivity contribution in [2.24, 2.45) is 11.7 Å². The van der Waals surface area contributed by atoms with Crippen LogP contribution in [0.5, 0.6) is 0 Å². The molecule has 94 valence electrons. The Labute approximate surface area is 96.7 Å². The third-order valence-electron chi connectivity index (χ3n) is 3.07. The highest BCUT2D eigenvalue weighted by Gasteiger charge is 2.24. The van der Waals surface area contributed by atoms with E-state index in [1.165, 1.54) is 0 Å². The molecule has 0 radical (unpaired) electrons. The van der Waals surface area contributed by atoms with Crippen molar-refractivity contribution < 1.29 is 14.3 Å². The number of methoxy groups -OCH3 is 1. The second-order valence-corrected chi connectivity index (χ2v) is 4.28. The number of carbonyl (C=O) groups is 1. The first kappa shape index (κ1) is 13.4. The van der Waals surface area contributed by atoms with Crippen molar-refractivity contribution in [3.8, 4) is 0 Å². The summed E-state index contributed by atoms with van der Waals surface area (Å²) in [5, 5.41) is 2.97. The van der Waals surface area contributed by atoms with E-state index in [1.54, 1.807) is 7.11 Å². The average molecular weight is 230 g/mol. The molecule has 0 saturated carbocycles. The second kappa shape index (κ2) is 6.83. The molecule has 1 rings (SSSR count). The molecule has 3 atom stereocenters. The summed E-state index contributed by atoms with van der Waals surface area (Å²) < 4.78 is 10.4. The van der Waals surface area contributed by atoms with Crippen molar-refractivity contribution in [1.29, 1.82) is 0 Å². The molecular formula is C11H22N2O3. The molecule has 1 aliphatic rings. The number of nitrogens with two attached hydrogens (primary N) is 1. The number of hydrogen-bond donors (Lipinski definition) is 2. The van der Waals surface area contributed by atoms with Crippen molar-refractivity contribution >= 4 is 5.91 Å². The first-order valence-corrected chi connectivity index (χ1v) is 5.77. The SMILES string of the molecule is COC(CN)CC(=O)NC(C)C1CCOC1. The van der Waals surface area contributed by atoms with E-state index in [2.05, 4.69) is 5.32 Å².